The standard InChI is InChI=1S/C34H20N2S/c1-4-14-24-20(10-1)30-23(33-35-27-17-6-7-18-28(27)36-33)13-9-16-26(30)34(24)25-15-5-2-11-21(25)32-31(34)22-12-3-8-19-29(22)37-32/h1-19H,(H,35,36). The number of nitrogens with one attached hydrogen (secondary N) is 1. The van der Waals surface area contributed by atoms with E-state index in [1.54, 1.807) is 0 Å². The molecule has 5 aromatic carbocycles. The van der Waals surface area contributed by atoms with Gasteiger partial charge >= 0.3 is 0 Å². The molecule has 37 heavy (non-hydrogen) atoms. The summed E-state index contributed by atoms with van der Waals surface area (Å²) in [6.45, 7) is 0. The Kier molecular flexibility index (Phi) is 3.64. The smallest absolute Gasteiger partial charge is 0.139 e. The van der Waals surface area contributed by atoms with Gasteiger partial charge in [-0.15, -0.1) is 11.3 Å². The molecule has 1 unspecified atom stereocenters. The van der Waals surface area contributed by atoms with Crippen LogP contribution in [0.15, 0.2) is 115 Å². The molecule has 2 nitrogen and oxygen atoms in total. The summed E-state index contributed by atoms with van der Waals surface area (Å²) in [6.07, 6.45) is 0. The summed E-state index contributed by atoms with van der Waals surface area (Å²) in [5.74, 6) is 0.923. The Morgan fingerprint density at radius 1 is 0.595 bits per heavy atom. The normalized spacial score (nSPS) is 16.8. The molecule has 7 aromatic rings. The molecule has 1 N–H and O–H groups in total. The van der Waals surface area contributed by atoms with Crippen LogP contribution in [0.25, 0.3) is 54.1 Å². The summed E-state index contributed by atoms with van der Waals surface area (Å²) >= 11 is 1.92. The Hall–Kier alpha value is -4.47. The van der Waals surface area contributed by atoms with Crippen molar-refractivity contribution >= 4 is 32.5 Å². The third-order valence-corrected chi connectivity index (χ3v) is 9.46. The summed E-state index contributed by atoms with van der Waals surface area (Å²) in [6, 6.07) is 42.0. The average Bonchev–Trinajstić information content (AvgIpc) is 3.69. The van der Waals surface area contributed by atoms with Gasteiger partial charge in [0.25, 0.3) is 0 Å². The molecule has 1 spiro atoms. The van der Waals surface area contributed by atoms with Gasteiger partial charge in [-0.3, -0.25) is 0 Å². The van der Waals surface area contributed by atoms with E-state index in [1.165, 1.54) is 53.9 Å². The van der Waals surface area contributed by atoms with Crippen molar-refractivity contribution in [1.29, 1.82) is 0 Å². The van der Waals surface area contributed by atoms with Crippen molar-refractivity contribution in [3.05, 3.63) is 138 Å². The van der Waals surface area contributed by atoms with Gasteiger partial charge in [0.05, 0.1) is 16.4 Å². The van der Waals surface area contributed by atoms with Crippen LogP contribution in [0, 0.1) is 0 Å². The van der Waals surface area contributed by atoms with Gasteiger partial charge in [-0.2, -0.15) is 0 Å². The molecule has 0 saturated carbocycles. The molecule has 1 atom stereocenters. The van der Waals surface area contributed by atoms with Crippen LogP contribution in [0.4, 0.5) is 0 Å². The first kappa shape index (κ1) is 19.7. The maximum absolute atomic E-state index is 5.02. The third kappa shape index (κ3) is 2.29. The molecule has 172 valence electrons. The van der Waals surface area contributed by atoms with E-state index in [-0.39, 0.29) is 5.41 Å². The van der Waals surface area contributed by atoms with Crippen molar-refractivity contribution in [3.8, 4) is 33.0 Å². The number of thiophene rings is 1. The van der Waals surface area contributed by atoms with Crippen LogP contribution in [0.2, 0.25) is 0 Å². The van der Waals surface area contributed by atoms with Gasteiger partial charge in [-0.1, -0.05) is 97.1 Å². The second-order valence-electron chi connectivity index (χ2n) is 9.97. The second-order valence-corrected chi connectivity index (χ2v) is 11.0. The number of aromatic amines is 1. The zero-order chi connectivity index (χ0) is 24.1. The molecule has 0 bridgehead atoms. The number of hydrogen-bond donors (Lipinski definition) is 1. The highest BCUT2D eigenvalue weighted by atomic mass is 32.1. The number of fused-ring (bicyclic) bond motifs is 13. The number of H-pyrrole nitrogens is 1. The van der Waals surface area contributed by atoms with E-state index in [4.69, 9.17) is 4.98 Å². The number of hydrogen-bond acceptors (Lipinski definition) is 2. The van der Waals surface area contributed by atoms with Gasteiger partial charge in [0.15, 0.2) is 0 Å². The van der Waals surface area contributed by atoms with Gasteiger partial charge in [0, 0.05) is 15.1 Å². The molecule has 0 saturated heterocycles. The summed E-state index contributed by atoms with van der Waals surface area (Å²) in [7, 11) is 0. The molecule has 0 fully saturated rings. The number of rotatable bonds is 1. The first-order valence-corrected chi connectivity index (χ1v) is 13.5. The van der Waals surface area contributed by atoms with Crippen molar-refractivity contribution in [2.75, 3.05) is 0 Å². The van der Waals surface area contributed by atoms with Gasteiger partial charge in [0.2, 0.25) is 0 Å². The molecule has 2 aliphatic rings. The predicted octanol–water partition coefficient (Wildman–Crippen LogP) is 8.79. The fourth-order valence-electron chi connectivity index (χ4n) is 6.92. The maximum atomic E-state index is 5.02. The number of para-hydroxylation sites is 2. The Morgan fingerprint density at radius 3 is 2.16 bits per heavy atom. The molecule has 2 heterocycles. The monoisotopic (exact) mass is 488 g/mol. The van der Waals surface area contributed by atoms with Crippen LogP contribution >= 0.6 is 11.3 Å². The first-order valence-electron chi connectivity index (χ1n) is 12.7. The lowest BCUT2D eigenvalue weighted by atomic mass is 9.70. The quantitative estimate of drug-likeness (QED) is 0.246. The lowest BCUT2D eigenvalue weighted by Crippen LogP contribution is -2.25. The molecular weight excluding hydrogens is 468 g/mol. The zero-order valence-electron chi connectivity index (χ0n) is 19.8. The Bertz CT molecular complexity index is 2030. The number of benzene rings is 5. The van der Waals surface area contributed by atoms with E-state index < -0.39 is 0 Å². The average molecular weight is 489 g/mol. The predicted molar refractivity (Wildman–Crippen MR) is 153 cm³/mol. The second kappa shape index (κ2) is 6.84. The van der Waals surface area contributed by atoms with Crippen LogP contribution < -0.4 is 0 Å². The minimum Gasteiger partial charge on any atom is -0.338 e. The number of imidazole rings is 1. The van der Waals surface area contributed by atoms with Gasteiger partial charge in [-0.05, 0) is 62.5 Å². The highest BCUT2D eigenvalue weighted by molar-refractivity contribution is 7.22. The van der Waals surface area contributed by atoms with Crippen molar-refractivity contribution in [1.82, 2.24) is 9.97 Å². The topological polar surface area (TPSA) is 28.7 Å². The van der Waals surface area contributed by atoms with E-state index in [2.05, 4.69) is 114 Å². The fraction of sp³-hybridized carbons (Fsp3) is 0.0294. The summed E-state index contributed by atoms with van der Waals surface area (Å²) in [4.78, 5) is 10.0. The molecule has 0 radical (unpaired) electrons. The van der Waals surface area contributed by atoms with E-state index in [1.807, 2.05) is 17.4 Å². The Labute approximate surface area is 217 Å². The van der Waals surface area contributed by atoms with E-state index in [9.17, 15) is 0 Å². The lowest BCUT2D eigenvalue weighted by molar-refractivity contribution is 0.803. The Balaban J connectivity index is 1.47. The summed E-state index contributed by atoms with van der Waals surface area (Å²) in [5.41, 5.74) is 12.3. The third-order valence-electron chi connectivity index (χ3n) is 8.26. The van der Waals surface area contributed by atoms with E-state index >= 15 is 0 Å². The van der Waals surface area contributed by atoms with Crippen LogP contribution in [0.1, 0.15) is 22.3 Å². The van der Waals surface area contributed by atoms with Crippen molar-refractivity contribution in [2.45, 2.75) is 5.41 Å². The van der Waals surface area contributed by atoms with Crippen LogP contribution in [0.3, 0.4) is 0 Å². The molecule has 3 heteroatoms. The summed E-state index contributed by atoms with van der Waals surface area (Å²) in [5, 5.41) is 1.36. The fourth-order valence-corrected chi connectivity index (χ4v) is 8.22. The van der Waals surface area contributed by atoms with Crippen molar-refractivity contribution in [3.63, 3.8) is 0 Å². The lowest BCUT2D eigenvalue weighted by Gasteiger charge is -2.30. The van der Waals surface area contributed by atoms with Gasteiger partial charge in [0.1, 0.15) is 5.82 Å². The highest BCUT2D eigenvalue weighted by Crippen LogP contribution is 2.66. The van der Waals surface area contributed by atoms with E-state index in [0.717, 1.165) is 22.4 Å². The number of nitrogens with zero attached hydrogens (tertiary/aromatic N) is 1. The summed E-state index contributed by atoms with van der Waals surface area (Å²) < 4.78 is 1.35. The van der Waals surface area contributed by atoms with Gasteiger partial charge in [-0.25, -0.2) is 4.98 Å². The largest absolute Gasteiger partial charge is 0.338 e. The van der Waals surface area contributed by atoms with Crippen LogP contribution in [-0.4, -0.2) is 9.97 Å². The first-order chi connectivity index (χ1) is 18.4. The Morgan fingerprint density at radius 2 is 1.27 bits per heavy atom. The molecule has 2 aromatic heterocycles. The molecule has 9 rings (SSSR count). The molecule has 2 aliphatic carbocycles. The van der Waals surface area contributed by atoms with Crippen LogP contribution in [0.5, 0.6) is 0 Å². The molecule has 0 aliphatic heterocycles. The minimum absolute atomic E-state index is 0.348. The molecule has 0 amide bonds. The minimum atomic E-state index is -0.348. The highest BCUT2D eigenvalue weighted by Gasteiger charge is 2.53. The zero-order valence-corrected chi connectivity index (χ0v) is 20.6. The van der Waals surface area contributed by atoms with Crippen molar-refractivity contribution in [2.24, 2.45) is 0 Å². The van der Waals surface area contributed by atoms with E-state index in [0.29, 0.717) is 0 Å². The van der Waals surface area contributed by atoms with Crippen LogP contribution in [-0.2, 0) is 5.41 Å². The SMILES string of the molecule is c1ccc2c(c1)-c1sc3ccccc3c1C21c2ccccc2-c2c(-c3nc4ccccc4[nH]3)cccc21. The maximum Gasteiger partial charge on any atom is 0.139 e. The van der Waals surface area contributed by atoms with Crippen molar-refractivity contribution < 1.29 is 0 Å². The van der Waals surface area contributed by atoms with Gasteiger partial charge < -0.3 is 4.98 Å². The number of aromatic nitrogens is 2. The molecular formula is C34H20N2S.